The maximum absolute atomic E-state index is 12.2. The molecule has 0 unspecified atom stereocenters. The van der Waals surface area contributed by atoms with Crippen molar-refractivity contribution < 1.29 is 23.8 Å². The van der Waals surface area contributed by atoms with Crippen molar-refractivity contribution in [3.8, 4) is 11.5 Å². The molecule has 0 heterocycles. The minimum atomic E-state index is -0.562. The first-order chi connectivity index (χ1) is 10.6. The number of halogens is 1. The minimum Gasteiger partial charge on any atom is -0.496 e. The van der Waals surface area contributed by atoms with Gasteiger partial charge in [-0.2, -0.15) is 0 Å². The molecule has 2 aromatic carbocycles. The molecule has 0 saturated carbocycles. The summed E-state index contributed by atoms with van der Waals surface area (Å²) in [4.78, 5) is 23.9. The van der Waals surface area contributed by atoms with Crippen LogP contribution in [0.1, 0.15) is 20.7 Å². The number of rotatable bonds is 4. The van der Waals surface area contributed by atoms with Crippen LogP contribution in [-0.2, 0) is 4.74 Å². The fraction of sp³-hybridized carbons (Fsp3) is 0.125. The number of carbonyl (C=O) groups is 2. The largest absolute Gasteiger partial charge is 0.496 e. The van der Waals surface area contributed by atoms with Gasteiger partial charge >= 0.3 is 11.9 Å². The zero-order chi connectivity index (χ0) is 16.1. The summed E-state index contributed by atoms with van der Waals surface area (Å²) in [7, 11) is 2.83. The molecular formula is C16H13IO5. The van der Waals surface area contributed by atoms with Crippen LogP contribution in [0.3, 0.4) is 0 Å². The van der Waals surface area contributed by atoms with Crippen LogP contribution < -0.4 is 9.47 Å². The van der Waals surface area contributed by atoms with E-state index in [-0.39, 0.29) is 11.3 Å². The molecule has 0 atom stereocenters. The Labute approximate surface area is 141 Å². The smallest absolute Gasteiger partial charge is 0.343 e. The first-order valence-electron chi connectivity index (χ1n) is 6.30. The molecule has 0 aromatic heterocycles. The second-order valence-corrected chi connectivity index (χ2v) is 5.39. The molecule has 0 spiro atoms. The molecule has 0 bridgehead atoms. The van der Waals surface area contributed by atoms with E-state index in [4.69, 9.17) is 9.47 Å². The molecule has 22 heavy (non-hydrogen) atoms. The van der Waals surface area contributed by atoms with Crippen LogP contribution in [0.4, 0.5) is 0 Å². The van der Waals surface area contributed by atoms with Gasteiger partial charge in [0.05, 0.1) is 23.4 Å². The number of hydrogen-bond acceptors (Lipinski definition) is 5. The van der Waals surface area contributed by atoms with Crippen LogP contribution in [0.25, 0.3) is 0 Å². The summed E-state index contributed by atoms with van der Waals surface area (Å²) >= 11 is 2.07. The van der Waals surface area contributed by atoms with Gasteiger partial charge in [-0.3, -0.25) is 0 Å². The van der Waals surface area contributed by atoms with Crippen molar-refractivity contribution in [3.05, 3.63) is 57.2 Å². The Morgan fingerprint density at radius 3 is 2.32 bits per heavy atom. The van der Waals surface area contributed by atoms with E-state index in [2.05, 4.69) is 27.3 Å². The monoisotopic (exact) mass is 412 g/mol. The minimum absolute atomic E-state index is 0.158. The maximum Gasteiger partial charge on any atom is 0.343 e. The second-order valence-electron chi connectivity index (χ2n) is 4.23. The van der Waals surface area contributed by atoms with Crippen molar-refractivity contribution in [2.24, 2.45) is 0 Å². The highest BCUT2D eigenvalue weighted by Crippen LogP contribution is 2.24. The third-order valence-corrected chi connectivity index (χ3v) is 3.73. The third-order valence-electron chi connectivity index (χ3n) is 2.88. The Bertz CT molecular complexity index is 711. The van der Waals surface area contributed by atoms with Gasteiger partial charge in [-0.15, -0.1) is 0 Å². The van der Waals surface area contributed by atoms with Crippen LogP contribution in [0, 0.1) is 3.57 Å². The van der Waals surface area contributed by atoms with Gasteiger partial charge in [0, 0.05) is 0 Å². The lowest BCUT2D eigenvalue weighted by atomic mass is 10.2. The molecule has 6 heteroatoms. The zero-order valence-electron chi connectivity index (χ0n) is 12.0. The fourth-order valence-electron chi connectivity index (χ4n) is 1.79. The standard InChI is InChI=1S/C16H13IO5/c1-20-14-8-7-10(9-12(14)17)15(18)22-13-6-4-3-5-11(13)16(19)21-2/h3-9H,1-2H3. The molecule has 0 aliphatic heterocycles. The van der Waals surface area contributed by atoms with E-state index in [0.717, 1.165) is 3.57 Å². The van der Waals surface area contributed by atoms with Crippen molar-refractivity contribution in [1.82, 2.24) is 0 Å². The van der Waals surface area contributed by atoms with Crippen molar-refractivity contribution in [2.45, 2.75) is 0 Å². The lowest BCUT2D eigenvalue weighted by Crippen LogP contribution is -2.12. The van der Waals surface area contributed by atoms with Gasteiger partial charge in [0.2, 0.25) is 0 Å². The summed E-state index contributed by atoms with van der Waals surface area (Å²) in [6, 6.07) is 11.4. The van der Waals surface area contributed by atoms with E-state index < -0.39 is 11.9 Å². The second kappa shape index (κ2) is 7.26. The molecule has 0 fully saturated rings. The molecule has 0 aliphatic rings. The maximum atomic E-state index is 12.2. The number of ether oxygens (including phenoxy) is 3. The van der Waals surface area contributed by atoms with Crippen molar-refractivity contribution in [3.63, 3.8) is 0 Å². The molecule has 0 amide bonds. The molecule has 2 aromatic rings. The van der Waals surface area contributed by atoms with E-state index >= 15 is 0 Å². The van der Waals surface area contributed by atoms with E-state index in [1.807, 2.05) is 0 Å². The van der Waals surface area contributed by atoms with Crippen molar-refractivity contribution in [2.75, 3.05) is 14.2 Å². The van der Waals surface area contributed by atoms with E-state index in [0.29, 0.717) is 11.3 Å². The van der Waals surface area contributed by atoms with E-state index in [9.17, 15) is 9.59 Å². The third kappa shape index (κ3) is 3.56. The van der Waals surface area contributed by atoms with Crippen molar-refractivity contribution >= 4 is 34.5 Å². The average Bonchev–Trinajstić information content (AvgIpc) is 2.54. The number of para-hydroxylation sites is 1. The van der Waals surface area contributed by atoms with Crippen LogP contribution in [-0.4, -0.2) is 26.2 Å². The molecular weight excluding hydrogens is 399 g/mol. The molecule has 5 nitrogen and oxygen atoms in total. The highest BCUT2D eigenvalue weighted by Gasteiger charge is 2.17. The van der Waals surface area contributed by atoms with Gasteiger partial charge in [-0.1, -0.05) is 12.1 Å². The summed E-state index contributed by atoms with van der Waals surface area (Å²) < 4.78 is 15.9. The van der Waals surface area contributed by atoms with Crippen LogP contribution >= 0.6 is 22.6 Å². The summed E-state index contributed by atoms with van der Waals surface area (Å²) in [5, 5.41) is 0. The van der Waals surface area contributed by atoms with Gasteiger partial charge in [0.1, 0.15) is 17.1 Å². The number of hydrogen-bond donors (Lipinski definition) is 0. The SMILES string of the molecule is COC(=O)c1ccccc1OC(=O)c1ccc(OC)c(I)c1. The number of esters is 2. The Hall–Kier alpha value is -2.09. The van der Waals surface area contributed by atoms with E-state index in [1.54, 1.807) is 43.5 Å². The predicted molar refractivity (Wildman–Crippen MR) is 88.5 cm³/mol. The molecule has 0 radical (unpaired) electrons. The Kier molecular flexibility index (Phi) is 5.37. The molecule has 2 rings (SSSR count). The Morgan fingerprint density at radius 2 is 1.68 bits per heavy atom. The quantitative estimate of drug-likeness (QED) is 0.438. The predicted octanol–water partition coefficient (Wildman–Crippen LogP) is 3.31. The van der Waals surface area contributed by atoms with Crippen LogP contribution in [0.5, 0.6) is 11.5 Å². The molecule has 0 N–H and O–H groups in total. The summed E-state index contributed by atoms with van der Waals surface area (Å²) in [6.07, 6.45) is 0. The summed E-state index contributed by atoms with van der Waals surface area (Å²) in [5.41, 5.74) is 0.562. The average molecular weight is 412 g/mol. The highest BCUT2D eigenvalue weighted by atomic mass is 127. The van der Waals surface area contributed by atoms with E-state index in [1.165, 1.54) is 13.2 Å². The fourth-order valence-corrected chi connectivity index (χ4v) is 2.52. The topological polar surface area (TPSA) is 61.8 Å². The van der Waals surface area contributed by atoms with Gasteiger partial charge in [-0.05, 0) is 52.9 Å². The normalized spacial score (nSPS) is 9.95. The van der Waals surface area contributed by atoms with Gasteiger partial charge in [0.25, 0.3) is 0 Å². The highest BCUT2D eigenvalue weighted by molar-refractivity contribution is 14.1. The van der Waals surface area contributed by atoms with Gasteiger partial charge in [-0.25, -0.2) is 9.59 Å². The van der Waals surface area contributed by atoms with Gasteiger partial charge in [0.15, 0.2) is 0 Å². The number of benzene rings is 2. The molecule has 0 saturated heterocycles. The first-order valence-corrected chi connectivity index (χ1v) is 7.37. The summed E-state index contributed by atoms with van der Waals surface area (Å²) in [6.45, 7) is 0. The van der Waals surface area contributed by atoms with Gasteiger partial charge < -0.3 is 14.2 Å². The van der Waals surface area contributed by atoms with Crippen molar-refractivity contribution in [1.29, 1.82) is 0 Å². The van der Waals surface area contributed by atoms with Crippen LogP contribution in [0.2, 0.25) is 0 Å². The lowest BCUT2D eigenvalue weighted by Gasteiger charge is -2.09. The number of methoxy groups -OCH3 is 2. The number of carbonyl (C=O) groups excluding carboxylic acids is 2. The zero-order valence-corrected chi connectivity index (χ0v) is 14.1. The Morgan fingerprint density at radius 1 is 0.955 bits per heavy atom. The molecule has 114 valence electrons. The first kappa shape index (κ1) is 16.3. The summed E-state index contributed by atoms with van der Waals surface area (Å²) in [5.74, 6) is -0.290. The Balaban J connectivity index is 2.26. The lowest BCUT2D eigenvalue weighted by molar-refractivity contribution is 0.0593. The van der Waals surface area contributed by atoms with Crippen LogP contribution in [0.15, 0.2) is 42.5 Å². The molecule has 0 aliphatic carbocycles.